The molecule has 4 heteroatoms. The second-order valence-corrected chi connectivity index (χ2v) is 6.28. The molecule has 0 aromatic rings. The van der Waals surface area contributed by atoms with E-state index in [0.717, 1.165) is 19.6 Å². The fraction of sp³-hybridized carbons (Fsp3) is 1.00. The number of likely N-dealkylation sites (N-methyl/N-ethyl adjacent to an activating group) is 1. The Morgan fingerprint density at radius 3 is 2.29 bits per heavy atom. The quantitative estimate of drug-likeness (QED) is 0.748. The summed E-state index contributed by atoms with van der Waals surface area (Å²) in [6, 6.07) is 0.127. The number of piperazine rings is 1. The highest BCUT2D eigenvalue weighted by Crippen LogP contribution is 2.22. The van der Waals surface area contributed by atoms with Crippen molar-refractivity contribution in [2.45, 2.75) is 45.3 Å². The molecule has 0 radical (unpaired) electrons. The third-order valence-corrected chi connectivity index (χ3v) is 4.22. The van der Waals surface area contributed by atoms with E-state index in [-0.39, 0.29) is 24.2 Å². The zero-order chi connectivity index (χ0) is 13.2. The number of nitrogens with two attached hydrogens (primary N) is 1. The number of rotatable bonds is 4. The first kappa shape index (κ1) is 14.9. The Kier molecular flexibility index (Phi) is 4.95. The van der Waals surface area contributed by atoms with Gasteiger partial charge in [0, 0.05) is 37.3 Å². The van der Waals surface area contributed by atoms with E-state index in [1.54, 1.807) is 0 Å². The van der Waals surface area contributed by atoms with Gasteiger partial charge in [-0.25, -0.2) is 0 Å². The molecule has 102 valence electrons. The number of hydrogen-bond donors (Lipinski definition) is 2. The van der Waals surface area contributed by atoms with Crippen LogP contribution in [0, 0.1) is 5.92 Å². The van der Waals surface area contributed by atoms with E-state index in [1.165, 1.54) is 0 Å². The first-order valence-electron chi connectivity index (χ1n) is 6.61. The van der Waals surface area contributed by atoms with Gasteiger partial charge >= 0.3 is 0 Å². The second-order valence-electron chi connectivity index (χ2n) is 6.28. The third-order valence-electron chi connectivity index (χ3n) is 4.22. The van der Waals surface area contributed by atoms with Crippen LogP contribution < -0.4 is 5.73 Å². The first-order valence-corrected chi connectivity index (χ1v) is 6.61. The van der Waals surface area contributed by atoms with Crippen LogP contribution in [0.4, 0.5) is 0 Å². The Balaban J connectivity index is 2.71. The van der Waals surface area contributed by atoms with E-state index < -0.39 is 0 Å². The van der Waals surface area contributed by atoms with Crippen LogP contribution in [0.2, 0.25) is 0 Å². The molecule has 3 N–H and O–H groups in total. The van der Waals surface area contributed by atoms with Crippen molar-refractivity contribution in [1.82, 2.24) is 9.80 Å². The SMILES string of the molecule is CC(C)C(N)C(CO)N1CCN(C)C(C)(C)C1. The lowest BCUT2D eigenvalue weighted by molar-refractivity contribution is -0.00898. The number of hydrogen-bond acceptors (Lipinski definition) is 4. The Bertz CT molecular complexity index is 243. The van der Waals surface area contributed by atoms with Gasteiger partial charge in [0.2, 0.25) is 0 Å². The number of aliphatic hydroxyl groups excluding tert-OH is 1. The number of aliphatic hydroxyl groups is 1. The predicted molar refractivity (Wildman–Crippen MR) is 72.0 cm³/mol. The highest BCUT2D eigenvalue weighted by Gasteiger charge is 2.36. The average Bonchev–Trinajstić information content (AvgIpc) is 2.23. The topological polar surface area (TPSA) is 52.7 Å². The molecule has 2 unspecified atom stereocenters. The maximum atomic E-state index is 9.60. The van der Waals surface area contributed by atoms with Crippen LogP contribution in [0.5, 0.6) is 0 Å². The molecule has 0 spiro atoms. The molecule has 0 saturated carbocycles. The Hall–Kier alpha value is -0.160. The van der Waals surface area contributed by atoms with Gasteiger partial charge < -0.3 is 10.8 Å². The lowest BCUT2D eigenvalue weighted by atomic mass is 9.92. The highest BCUT2D eigenvalue weighted by atomic mass is 16.3. The molecular formula is C13H29N3O. The van der Waals surface area contributed by atoms with Crippen LogP contribution in [-0.2, 0) is 0 Å². The van der Waals surface area contributed by atoms with E-state index in [9.17, 15) is 5.11 Å². The van der Waals surface area contributed by atoms with Crippen molar-refractivity contribution in [3.8, 4) is 0 Å². The lowest BCUT2D eigenvalue weighted by Crippen LogP contribution is -2.63. The molecule has 0 aromatic carbocycles. The Morgan fingerprint density at radius 1 is 1.29 bits per heavy atom. The molecule has 4 nitrogen and oxygen atoms in total. The van der Waals surface area contributed by atoms with Gasteiger partial charge in [-0.1, -0.05) is 13.8 Å². The summed E-state index contributed by atoms with van der Waals surface area (Å²) in [5.41, 5.74) is 6.37. The molecule has 0 amide bonds. The first-order chi connectivity index (χ1) is 7.79. The second kappa shape index (κ2) is 5.65. The molecule has 1 rings (SSSR count). The van der Waals surface area contributed by atoms with Crippen LogP contribution in [-0.4, -0.2) is 65.8 Å². The molecule has 1 fully saturated rings. The Morgan fingerprint density at radius 2 is 1.88 bits per heavy atom. The van der Waals surface area contributed by atoms with Crippen molar-refractivity contribution in [2.75, 3.05) is 33.3 Å². The minimum absolute atomic E-state index is 0.0409. The maximum Gasteiger partial charge on any atom is 0.0602 e. The molecule has 1 aliphatic heterocycles. The summed E-state index contributed by atoms with van der Waals surface area (Å²) < 4.78 is 0. The highest BCUT2D eigenvalue weighted by molar-refractivity contribution is 4.94. The van der Waals surface area contributed by atoms with Gasteiger partial charge in [-0.05, 0) is 26.8 Å². The van der Waals surface area contributed by atoms with Crippen LogP contribution in [0.1, 0.15) is 27.7 Å². The molecular weight excluding hydrogens is 214 g/mol. The van der Waals surface area contributed by atoms with E-state index in [4.69, 9.17) is 5.73 Å². The number of nitrogens with zero attached hydrogens (tertiary/aromatic N) is 2. The fourth-order valence-corrected chi connectivity index (χ4v) is 2.49. The maximum absolute atomic E-state index is 9.60. The van der Waals surface area contributed by atoms with Gasteiger partial charge in [0.05, 0.1) is 6.61 Å². The summed E-state index contributed by atoms with van der Waals surface area (Å²) in [5, 5.41) is 9.60. The van der Waals surface area contributed by atoms with Gasteiger partial charge in [0.15, 0.2) is 0 Å². The summed E-state index contributed by atoms with van der Waals surface area (Å²) in [6.07, 6.45) is 0. The molecule has 2 atom stereocenters. The molecule has 17 heavy (non-hydrogen) atoms. The van der Waals surface area contributed by atoms with Crippen molar-refractivity contribution >= 4 is 0 Å². The van der Waals surface area contributed by atoms with Gasteiger partial charge in [0.25, 0.3) is 0 Å². The van der Waals surface area contributed by atoms with E-state index >= 15 is 0 Å². The monoisotopic (exact) mass is 243 g/mol. The van der Waals surface area contributed by atoms with Crippen molar-refractivity contribution in [3.63, 3.8) is 0 Å². The van der Waals surface area contributed by atoms with Crippen LogP contribution in [0.3, 0.4) is 0 Å². The van der Waals surface area contributed by atoms with Gasteiger partial charge in [-0.3, -0.25) is 9.80 Å². The minimum Gasteiger partial charge on any atom is -0.395 e. The molecule has 1 aliphatic rings. The van der Waals surface area contributed by atoms with E-state index in [2.05, 4.69) is 44.5 Å². The molecule has 0 bridgehead atoms. The van der Waals surface area contributed by atoms with Gasteiger partial charge in [-0.15, -0.1) is 0 Å². The van der Waals surface area contributed by atoms with Crippen molar-refractivity contribution in [2.24, 2.45) is 11.7 Å². The van der Waals surface area contributed by atoms with Gasteiger partial charge in [-0.2, -0.15) is 0 Å². The average molecular weight is 243 g/mol. The fourth-order valence-electron chi connectivity index (χ4n) is 2.49. The summed E-state index contributed by atoms with van der Waals surface area (Å²) >= 11 is 0. The molecule has 1 heterocycles. The zero-order valence-electron chi connectivity index (χ0n) is 12.0. The summed E-state index contributed by atoms with van der Waals surface area (Å²) in [5.74, 6) is 0.398. The summed E-state index contributed by atoms with van der Waals surface area (Å²) in [4.78, 5) is 4.73. The van der Waals surface area contributed by atoms with Crippen LogP contribution in [0.25, 0.3) is 0 Å². The van der Waals surface area contributed by atoms with Crippen molar-refractivity contribution in [1.29, 1.82) is 0 Å². The van der Waals surface area contributed by atoms with Crippen LogP contribution in [0.15, 0.2) is 0 Å². The van der Waals surface area contributed by atoms with Crippen molar-refractivity contribution in [3.05, 3.63) is 0 Å². The Labute approximate surface area is 106 Å². The van der Waals surface area contributed by atoms with Gasteiger partial charge in [0.1, 0.15) is 0 Å². The summed E-state index contributed by atoms with van der Waals surface area (Å²) in [7, 11) is 2.16. The molecule has 0 aliphatic carbocycles. The van der Waals surface area contributed by atoms with Crippen molar-refractivity contribution < 1.29 is 5.11 Å². The minimum atomic E-state index is 0.0409. The zero-order valence-corrected chi connectivity index (χ0v) is 12.0. The third kappa shape index (κ3) is 3.41. The smallest absolute Gasteiger partial charge is 0.0602 e. The summed E-state index contributed by atoms with van der Waals surface area (Å²) in [6.45, 7) is 11.9. The van der Waals surface area contributed by atoms with E-state index in [1.807, 2.05) is 0 Å². The predicted octanol–water partition coefficient (Wildman–Crippen LogP) is 0.357. The van der Waals surface area contributed by atoms with Crippen LogP contribution >= 0.6 is 0 Å². The molecule has 0 aromatic heterocycles. The largest absolute Gasteiger partial charge is 0.395 e. The molecule has 1 saturated heterocycles. The van der Waals surface area contributed by atoms with E-state index in [0.29, 0.717) is 5.92 Å². The standard InChI is InChI=1S/C13H29N3O/c1-10(2)12(14)11(8-17)16-7-6-15(5)13(3,4)9-16/h10-12,17H,6-9,14H2,1-5H3. The lowest BCUT2D eigenvalue weighted by Gasteiger charge is -2.49. The normalized spacial score (nSPS) is 26.1.